The summed E-state index contributed by atoms with van der Waals surface area (Å²) in [6, 6.07) is 7.05. The Balaban J connectivity index is 0.000000301. The predicted octanol–water partition coefficient (Wildman–Crippen LogP) is 5.44. The summed E-state index contributed by atoms with van der Waals surface area (Å²) in [4.78, 5) is 0. The zero-order valence-electron chi connectivity index (χ0n) is 18.0. The van der Waals surface area contributed by atoms with Gasteiger partial charge in [0.05, 0.1) is 0 Å². The zero-order chi connectivity index (χ0) is 20.8. The summed E-state index contributed by atoms with van der Waals surface area (Å²) in [7, 11) is 0. The van der Waals surface area contributed by atoms with Gasteiger partial charge in [-0.3, -0.25) is 0 Å². The second-order valence-electron chi connectivity index (χ2n) is 7.49. The van der Waals surface area contributed by atoms with Crippen molar-refractivity contribution in [3.8, 4) is 5.75 Å². The molecule has 0 saturated heterocycles. The maximum atomic E-state index is 9.69. The highest BCUT2D eigenvalue weighted by Crippen LogP contribution is 2.27. The molecule has 0 spiro atoms. The summed E-state index contributed by atoms with van der Waals surface area (Å²) in [6.07, 6.45) is 11.7. The van der Waals surface area contributed by atoms with Gasteiger partial charge in [-0.1, -0.05) is 57.9 Å². The van der Waals surface area contributed by atoms with E-state index in [2.05, 4.69) is 18.3 Å². The number of hydrogen-bond donors (Lipinski definition) is 4. The van der Waals surface area contributed by atoms with E-state index >= 15 is 0 Å². The van der Waals surface area contributed by atoms with Crippen molar-refractivity contribution in [1.82, 2.24) is 5.32 Å². The molecule has 5 N–H and O–H groups in total. The molecule has 4 heteroatoms. The Morgan fingerprint density at radius 3 is 2.21 bits per heavy atom. The highest BCUT2D eigenvalue weighted by atomic mass is 16.3. The first-order chi connectivity index (χ1) is 13.6. The molecule has 3 rings (SSSR count). The lowest BCUT2D eigenvalue weighted by atomic mass is 9.83. The molecule has 4 nitrogen and oxygen atoms in total. The van der Waals surface area contributed by atoms with Gasteiger partial charge in [-0.15, -0.1) is 0 Å². The number of rotatable bonds is 5. The smallest absolute Gasteiger partial charge is 0.120 e. The Morgan fingerprint density at radius 1 is 1.00 bits per heavy atom. The molecule has 0 atom stereocenters. The fourth-order valence-corrected chi connectivity index (χ4v) is 3.50. The van der Waals surface area contributed by atoms with Crippen molar-refractivity contribution in [2.75, 3.05) is 13.1 Å². The molecule has 0 unspecified atom stereocenters. The van der Waals surface area contributed by atoms with Crippen LogP contribution in [0, 0.1) is 11.8 Å². The van der Waals surface area contributed by atoms with E-state index in [1.165, 1.54) is 25.7 Å². The molecule has 0 heterocycles. The number of allylic oxidation sites excluding steroid dienone is 2. The van der Waals surface area contributed by atoms with Crippen LogP contribution in [-0.2, 0) is 6.54 Å². The maximum Gasteiger partial charge on any atom is 0.120 e. The Hall–Kier alpha value is -1.78. The van der Waals surface area contributed by atoms with Crippen molar-refractivity contribution in [2.45, 2.75) is 65.8 Å². The topological polar surface area (TPSA) is 78.5 Å². The van der Waals surface area contributed by atoms with E-state index in [9.17, 15) is 5.11 Å². The molecule has 0 aliphatic heterocycles. The molecule has 28 heavy (non-hydrogen) atoms. The fourth-order valence-electron chi connectivity index (χ4n) is 3.50. The van der Waals surface area contributed by atoms with Crippen molar-refractivity contribution in [2.24, 2.45) is 17.6 Å². The minimum atomic E-state index is 0.278. The summed E-state index contributed by atoms with van der Waals surface area (Å²) >= 11 is 0. The van der Waals surface area contributed by atoms with Crippen molar-refractivity contribution in [1.29, 1.82) is 0 Å². The van der Waals surface area contributed by atoms with Gasteiger partial charge in [0.2, 0.25) is 0 Å². The molecule has 1 aromatic carbocycles. The molecule has 1 fully saturated rings. The van der Waals surface area contributed by atoms with Crippen molar-refractivity contribution >= 4 is 0 Å². The summed E-state index contributed by atoms with van der Waals surface area (Å²) < 4.78 is 0. The van der Waals surface area contributed by atoms with Crippen molar-refractivity contribution < 1.29 is 10.2 Å². The summed E-state index contributed by atoms with van der Waals surface area (Å²) in [5.41, 5.74) is 7.16. The number of phenols is 1. The molecule has 158 valence electrons. The van der Waals surface area contributed by atoms with Gasteiger partial charge in [0.15, 0.2) is 0 Å². The molecule has 0 radical (unpaired) electrons. The van der Waals surface area contributed by atoms with Gasteiger partial charge in [0.25, 0.3) is 0 Å². The fraction of sp³-hybridized carbons (Fsp3) is 0.583. The first kappa shape index (κ1) is 24.3. The van der Waals surface area contributed by atoms with Gasteiger partial charge < -0.3 is 21.3 Å². The number of benzene rings is 1. The van der Waals surface area contributed by atoms with Gasteiger partial charge in [0, 0.05) is 24.2 Å². The van der Waals surface area contributed by atoms with E-state index in [4.69, 9.17) is 10.8 Å². The minimum Gasteiger partial charge on any atom is -0.508 e. The third-order valence-corrected chi connectivity index (χ3v) is 5.32. The predicted molar refractivity (Wildman–Crippen MR) is 119 cm³/mol. The Bertz CT molecular complexity index is 602. The van der Waals surface area contributed by atoms with E-state index in [0.717, 1.165) is 48.9 Å². The number of hydrogen-bond acceptors (Lipinski definition) is 4. The lowest BCUT2D eigenvalue weighted by Crippen LogP contribution is -2.28. The molecule has 0 amide bonds. The number of aliphatic hydroxyl groups is 1. The largest absolute Gasteiger partial charge is 0.508 e. The van der Waals surface area contributed by atoms with Crippen LogP contribution >= 0.6 is 0 Å². The highest BCUT2D eigenvalue weighted by Gasteiger charge is 2.18. The maximum absolute atomic E-state index is 9.69. The van der Waals surface area contributed by atoms with Crippen LogP contribution < -0.4 is 11.1 Å². The average Bonchev–Trinajstić information content (AvgIpc) is 2.73. The van der Waals surface area contributed by atoms with Crippen LogP contribution in [0.5, 0.6) is 5.75 Å². The summed E-state index contributed by atoms with van der Waals surface area (Å²) in [5, 5.41) is 22.2. The summed E-state index contributed by atoms with van der Waals surface area (Å²) in [5.74, 6) is 2.54. The van der Waals surface area contributed by atoms with Crippen molar-refractivity contribution in [3.63, 3.8) is 0 Å². The molecule has 2 aliphatic carbocycles. The van der Waals surface area contributed by atoms with Gasteiger partial charge in [0.1, 0.15) is 11.5 Å². The number of nitrogens with two attached hydrogens (primary N) is 1. The molecular formula is C24H40N2O2. The minimum absolute atomic E-state index is 0.278. The lowest BCUT2D eigenvalue weighted by Gasteiger charge is -2.26. The quantitative estimate of drug-likeness (QED) is 0.541. The number of phenolic OH excluding ortho intramolecular Hbond substituents is 1. The molecular weight excluding hydrogens is 348 g/mol. The van der Waals surface area contributed by atoms with Gasteiger partial charge in [-0.05, 0) is 56.2 Å². The molecule has 1 saturated carbocycles. The first-order valence-corrected chi connectivity index (χ1v) is 10.9. The molecule has 2 aliphatic rings. The standard InChI is InChI=1S/C15H25NO.C7H9NO.C2H6/c1-12-6-8-13(9-7-12)10-16-11-14-4-2-3-5-15(14)17;8-5-6-3-1-2-4-7(6)9;1-2/h4-5,12-13,16-17H,2-3,6-11H2,1H3;1-4,9H,5,8H2;1-2H3. The molecule has 0 aromatic heterocycles. The SMILES string of the molecule is CC.CC1CCC(CNCC2=CCCC=C2O)CC1.NCc1ccccc1O. The number of nitrogens with one attached hydrogen (secondary N) is 1. The Labute approximate surface area is 171 Å². The van der Waals surface area contributed by atoms with Gasteiger partial charge >= 0.3 is 0 Å². The number of aromatic hydroxyl groups is 1. The van der Waals surface area contributed by atoms with E-state index in [-0.39, 0.29) is 5.75 Å². The van der Waals surface area contributed by atoms with Crippen LogP contribution in [0.2, 0.25) is 0 Å². The van der Waals surface area contributed by atoms with Crippen LogP contribution in [0.25, 0.3) is 0 Å². The van der Waals surface area contributed by atoms with E-state index in [1.54, 1.807) is 18.2 Å². The average molecular weight is 389 g/mol. The second kappa shape index (κ2) is 14.3. The van der Waals surface area contributed by atoms with E-state index in [0.29, 0.717) is 12.3 Å². The number of para-hydroxylation sites is 1. The Kier molecular flexibility index (Phi) is 12.3. The third kappa shape index (κ3) is 8.94. The van der Waals surface area contributed by atoms with Gasteiger partial charge in [-0.2, -0.15) is 0 Å². The lowest BCUT2D eigenvalue weighted by molar-refractivity contribution is 0.283. The highest BCUT2D eigenvalue weighted by molar-refractivity contribution is 5.31. The van der Waals surface area contributed by atoms with Crippen molar-refractivity contribution in [3.05, 3.63) is 53.3 Å². The summed E-state index contributed by atoms with van der Waals surface area (Å²) in [6.45, 7) is 8.69. The first-order valence-electron chi connectivity index (χ1n) is 10.9. The van der Waals surface area contributed by atoms with Crippen LogP contribution in [0.3, 0.4) is 0 Å². The molecule has 0 bridgehead atoms. The van der Waals surface area contributed by atoms with Crippen LogP contribution in [0.1, 0.15) is 64.9 Å². The van der Waals surface area contributed by atoms with E-state index < -0.39 is 0 Å². The van der Waals surface area contributed by atoms with Crippen LogP contribution in [-0.4, -0.2) is 23.3 Å². The second-order valence-corrected chi connectivity index (χ2v) is 7.49. The zero-order valence-corrected chi connectivity index (χ0v) is 18.0. The Morgan fingerprint density at radius 2 is 1.64 bits per heavy atom. The van der Waals surface area contributed by atoms with E-state index in [1.807, 2.05) is 26.0 Å². The monoisotopic (exact) mass is 388 g/mol. The normalized spacial score (nSPS) is 21.3. The number of aliphatic hydroxyl groups excluding tert-OH is 1. The van der Waals surface area contributed by atoms with Gasteiger partial charge in [-0.25, -0.2) is 0 Å². The third-order valence-electron chi connectivity index (χ3n) is 5.32. The van der Waals surface area contributed by atoms with Crippen LogP contribution in [0.4, 0.5) is 0 Å². The van der Waals surface area contributed by atoms with Crippen LogP contribution in [0.15, 0.2) is 47.7 Å². The molecule has 1 aromatic rings.